The van der Waals surface area contributed by atoms with Gasteiger partial charge in [0.15, 0.2) is 0 Å². The molecule has 0 aliphatic carbocycles. The lowest BCUT2D eigenvalue weighted by Gasteiger charge is -2.20. The van der Waals surface area contributed by atoms with Crippen LogP contribution in [0.15, 0.2) is 48.5 Å². The first kappa shape index (κ1) is 16.6. The molecule has 1 aromatic heterocycles. The lowest BCUT2D eigenvalue weighted by Crippen LogP contribution is -2.36. The molecule has 0 aliphatic heterocycles. The summed E-state index contributed by atoms with van der Waals surface area (Å²) in [5, 5.41) is 4.58. The zero-order valence-corrected chi connectivity index (χ0v) is 14.6. The highest BCUT2D eigenvalue weighted by Gasteiger charge is 2.07. The Labute approximate surface area is 144 Å². The summed E-state index contributed by atoms with van der Waals surface area (Å²) in [4.78, 5) is 3.44. The van der Waals surface area contributed by atoms with Crippen LogP contribution in [-0.4, -0.2) is 23.7 Å². The average Bonchev–Trinajstić information content (AvgIpc) is 2.98. The molecular weight excluding hydrogens is 296 g/mol. The molecule has 1 heterocycles. The standard InChI is InChI=1S/C21H25N2O/c1-21(2,3)22-12-7-13-24-18-10-6-9-16(14-18)20-15-17-8-4-5-11-19(17)23-20/h4-6,9-11,14-15,22-23H,7,12-13H2,1-3H3. The van der Waals surface area contributed by atoms with Crippen molar-refractivity contribution in [2.24, 2.45) is 0 Å². The molecule has 0 spiro atoms. The Morgan fingerprint density at radius 2 is 2.00 bits per heavy atom. The molecule has 0 amide bonds. The molecule has 24 heavy (non-hydrogen) atoms. The molecule has 0 atom stereocenters. The number of H-pyrrole nitrogens is 1. The van der Waals surface area contributed by atoms with Crippen molar-refractivity contribution in [3.63, 3.8) is 0 Å². The van der Waals surface area contributed by atoms with Gasteiger partial charge >= 0.3 is 0 Å². The molecule has 3 aromatic rings. The minimum Gasteiger partial charge on any atom is -0.494 e. The van der Waals surface area contributed by atoms with Crippen molar-refractivity contribution in [1.29, 1.82) is 0 Å². The maximum atomic E-state index is 5.90. The number of ether oxygens (including phenoxy) is 1. The van der Waals surface area contributed by atoms with E-state index in [0.717, 1.165) is 40.9 Å². The molecule has 125 valence electrons. The molecule has 1 radical (unpaired) electrons. The van der Waals surface area contributed by atoms with Crippen molar-refractivity contribution in [3.8, 4) is 17.0 Å². The highest BCUT2D eigenvalue weighted by molar-refractivity contribution is 5.85. The Hall–Kier alpha value is -2.26. The van der Waals surface area contributed by atoms with Crippen molar-refractivity contribution in [2.75, 3.05) is 13.2 Å². The van der Waals surface area contributed by atoms with Crippen LogP contribution in [0.3, 0.4) is 0 Å². The van der Waals surface area contributed by atoms with Crippen LogP contribution in [0.25, 0.3) is 22.2 Å². The molecule has 0 fully saturated rings. The van der Waals surface area contributed by atoms with Gasteiger partial charge < -0.3 is 15.0 Å². The molecule has 3 rings (SSSR count). The van der Waals surface area contributed by atoms with Crippen molar-refractivity contribution in [1.82, 2.24) is 10.3 Å². The van der Waals surface area contributed by atoms with Crippen LogP contribution in [-0.2, 0) is 0 Å². The van der Waals surface area contributed by atoms with Gasteiger partial charge in [-0.3, -0.25) is 0 Å². The van der Waals surface area contributed by atoms with Crippen molar-refractivity contribution < 1.29 is 4.74 Å². The summed E-state index contributed by atoms with van der Waals surface area (Å²) in [6, 6.07) is 19.6. The second-order valence-corrected chi connectivity index (χ2v) is 7.09. The first-order valence-electron chi connectivity index (χ1n) is 8.49. The summed E-state index contributed by atoms with van der Waals surface area (Å²) in [5.41, 5.74) is 3.48. The number of benzene rings is 2. The van der Waals surface area contributed by atoms with E-state index in [1.165, 1.54) is 0 Å². The molecule has 2 N–H and O–H groups in total. The molecule has 0 unspecified atom stereocenters. The monoisotopic (exact) mass is 321 g/mol. The van der Waals surface area contributed by atoms with Crippen LogP contribution in [0.4, 0.5) is 0 Å². The van der Waals surface area contributed by atoms with Gasteiger partial charge in [-0.25, -0.2) is 0 Å². The van der Waals surface area contributed by atoms with E-state index in [1.807, 2.05) is 24.3 Å². The van der Waals surface area contributed by atoms with Crippen LogP contribution in [0.2, 0.25) is 0 Å². The second kappa shape index (κ2) is 7.10. The van der Waals surface area contributed by atoms with E-state index in [0.29, 0.717) is 6.61 Å². The largest absolute Gasteiger partial charge is 0.494 e. The lowest BCUT2D eigenvalue weighted by atomic mass is 10.1. The Bertz CT molecular complexity index is 766. The number of nitrogens with one attached hydrogen (secondary N) is 2. The summed E-state index contributed by atoms with van der Waals surface area (Å²) >= 11 is 0. The van der Waals surface area contributed by atoms with E-state index in [-0.39, 0.29) is 5.54 Å². The SMILES string of the molecule is CC(C)(C)NCCCOc1cccc(-c2cc3[c]cccc3[nH]2)c1. The van der Waals surface area contributed by atoms with Crippen LogP contribution in [0, 0.1) is 6.07 Å². The molecule has 2 aromatic carbocycles. The van der Waals surface area contributed by atoms with Crippen LogP contribution in [0.1, 0.15) is 27.2 Å². The van der Waals surface area contributed by atoms with Crippen LogP contribution >= 0.6 is 0 Å². The van der Waals surface area contributed by atoms with Crippen molar-refractivity contribution >= 4 is 10.9 Å². The number of aromatic nitrogens is 1. The third-order valence-electron chi connectivity index (χ3n) is 3.84. The van der Waals surface area contributed by atoms with Gasteiger partial charge in [-0.05, 0) is 64.1 Å². The Kier molecular flexibility index (Phi) is 4.91. The van der Waals surface area contributed by atoms with Gasteiger partial charge in [-0.15, -0.1) is 0 Å². The van der Waals surface area contributed by atoms with E-state index < -0.39 is 0 Å². The fraction of sp³-hybridized carbons (Fsp3) is 0.333. The van der Waals surface area contributed by atoms with Crippen molar-refractivity contribution in [2.45, 2.75) is 32.7 Å². The van der Waals surface area contributed by atoms with E-state index in [4.69, 9.17) is 4.74 Å². The number of aromatic amines is 1. The fourth-order valence-corrected chi connectivity index (χ4v) is 2.64. The molecule has 0 saturated carbocycles. The Morgan fingerprint density at radius 1 is 1.12 bits per heavy atom. The third-order valence-corrected chi connectivity index (χ3v) is 3.84. The van der Waals surface area contributed by atoms with Gasteiger partial charge in [0.1, 0.15) is 5.75 Å². The summed E-state index contributed by atoms with van der Waals surface area (Å²) in [7, 11) is 0. The predicted molar refractivity (Wildman–Crippen MR) is 100 cm³/mol. The highest BCUT2D eigenvalue weighted by atomic mass is 16.5. The van der Waals surface area contributed by atoms with E-state index in [2.05, 4.69) is 61.4 Å². The molecule has 0 saturated heterocycles. The topological polar surface area (TPSA) is 37.0 Å². The molecule has 0 bridgehead atoms. The summed E-state index contributed by atoms with van der Waals surface area (Å²) in [6.07, 6.45) is 0.989. The molecule has 3 heteroatoms. The second-order valence-electron chi connectivity index (χ2n) is 7.09. The molecular formula is C21H25N2O. The predicted octanol–water partition coefficient (Wildman–Crippen LogP) is 4.79. The quantitative estimate of drug-likeness (QED) is 0.640. The number of fused-ring (bicyclic) bond motifs is 1. The summed E-state index contributed by atoms with van der Waals surface area (Å²) in [5.74, 6) is 0.908. The minimum atomic E-state index is 0.159. The van der Waals surface area contributed by atoms with Crippen LogP contribution < -0.4 is 10.1 Å². The zero-order chi connectivity index (χ0) is 17.0. The van der Waals surface area contributed by atoms with Gasteiger partial charge in [0.2, 0.25) is 0 Å². The third kappa shape index (κ3) is 4.39. The Balaban J connectivity index is 1.62. The average molecular weight is 321 g/mol. The lowest BCUT2D eigenvalue weighted by molar-refractivity contribution is 0.298. The van der Waals surface area contributed by atoms with Gasteiger partial charge in [-0.2, -0.15) is 0 Å². The molecule has 0 aliphatic rings. The zero-order valence-electron chi connectivity index (χ0n) is 14.6. The van der Waals surface area contributed by atoms with E-state index >= 15 is 0 Å². The van der Waals surface area contributed by atoms with Gasteiger partial charge in [-0.1, -0.05) is 24.3 Å². The number of rotatable bonds is 6. The van der Waals surface area contributed by atoms with E-state index in [1.54, 1.807) is 0 Å². The first-order valence-corrected chi connectivity index (χ1v) is 8.49. The highest BCUT2D eigenvalue weighted by Crippen LogP contribution is 2.26. The maximum Gasteiger partial charge on any atom is 0.119 e. The summed E-state index contributed by atoms with van der Waals surface area (Å²) in [6.45, 7) is 8.20. The number of hydrogen-bond donors (Lipinski definition) is 2. The van der Waals surface area contributed by atoms with Gasteiger partial charge in [0.05, 0.1) is 6.61 Å². The number of hydrogen-bond acceptors (Lipinski definition) is 2. The molecule has 3 nitrogen and oxygen atoms in total. The minimum absolute atomic E-state index is 0.159. The van der Waals surface area contributed by atoms with Crippen LogP contribution in [0.5, 0.6) is 5.75 Å². The maximum absolute atomic E-state index is 5.90. The summed E-state index contributed by atoms with van der Waals surface area (Å²) < 4.78 is 5.90. The smallest absolute Gasteiger partial charge is 0.119 e. The normalized spacial score (nSPS) is 11.8. The van der Waals surface area contributed by atoms with Gasteiger partial charge in [0, 0.05) is 27.7 Å². The van der Waals surface area contributed by atoms with Crippen molar-refractivity contribution in [3.05, 3.63) is 54.6 Å². The first-order chi connectivity index (χ1) is 11.5. The van der Waals surface area contributed by atoms with Gasteiger partial charge in [0.25, 0.3) is 0 Å². The Morgan fingerprint density at radius 3 is 2.79 bits per heavy atom. The van der Waals surface area contributed by atoms with E-state index in [9.17, 15) is 0 Å². The fourth-order valence-electron chi connectivity index (χ4n) is 2.64.